The summed E-state index contributed by atoms with van der Waals surface area (Å²) in [4.78, 5) is 12.3. The molecule has 0 bridgehead atoms. The third-order valence-electron chi connectivity index (χ3n) is 17.2. The quantitative estimate of drug-likeness (QED) is 0.194. The van der Waals surface area contributed by atoms with Gasteiger partial charge in [0.05, 0.1) is 73.6 Å². The molecule has 0 radical (unpaired) electrons. The molecule has 2 aromatic rings. The molecule has 0 aromatic heterocycles. The first-order chi connectivity index (χ1) is 31.7. The Bertz CT molecular complexity index is 1990. The molecule has 6 saturated heterocycles. The lowest BCUT2D eigenvalue weighted by Gasteiger charge is -2.50. The highest BCUT2D eigenvalue weighted by Crippen LogP contribution is 2.56. The molecule has 18 atom stereocenters. The molecule has 8 rings (SSSR count). The normalized spacial score (nSPS) is 41.5. The predicted molar refractivity (Wildman–Crippen MR) is 253 cm³/mol. The van der Waals surface area contributed by atoms with Gasteiger partial charge in [-0.25, -0.2) is 0 Å². The van der Waals surface area contributed by atoms with Gasteiger partial charge in [-0.05, 0) is 92.9 Å². The standard InChI is InChI=1S/C55H82O12/c1-14-53(48-33(3)28-42(62-48)45-32(2)27-34(4)55(65-45)31-61-50(66-55)39-17-21-41(58-12)22-18-39)24-23-44(63-53)52(11)25-26-54(67-52)29-43(60-30-38-15-19-40(20-16-38)51(8,9)10)35(5)47(64-54)36(6)46(59-13)37(7)49(56)57/h15-22,32-37,42-48,50H,14,23-31H2,1-13H3,(H,56,57)/t32-,33-,34+,35+,36-,37-,42+,43-,44+,45-,46+,47-,48+,50?,52-,53-,54+,55+/m0/s1. The molecule has 0 aliphatic carbocycles. The fraction of sp³-hybridized carbons (Fsp3) is 0.764. The number of carboxylic acid groups (broad SMARTS) is 1. The average Bonchev–Trinajstić information content (AvgIpc) is 4.11. The molecule has 0 amide bonds. The van der Waals surface area contributed by atoms with Crippen molar-refractivity contribution in [3.63, 3.8) is 0 Å². The van der Waals surface area contributed by atoms with Gasteiger partial charge in [0.1, 0.15) is 12.4 Å². The molecule has 1 N–H and O–H groups in total. The molecule has 2 aromatic carbocycles. The van der Waals surface area contributed by atoms with Crippen LogP contribution in [0.1, 0.15) is 151 Å². The Hall–Kier alpha value is -2.65. The predicted octanol–water partition coefficient (Wildman–Crippen LogP) is 10.6. The number of methoxy groups -OCH3 is 2. The van der Waals surface area contributed by atoms with Gasteiger partial charge in [-0.3, -0.25) is 4.79 Å². The average molecular weight is 935 g/mol. The highest BCUT2D eigenvalue weighted by Gasteiger charge is 2.63. The van der Waals surface area contributed by atoms with Crippen LogP contribution in [0.4, 0.5) is 0 Å². The molecular weight excluding hydrogens is 853 g/mol. The molecule has 12 heteroatoms. The number of rotatable bonds is 14. The lowest BCUT2D eigenvalue weighted by Crippen LogP contribution is -2.57. The van der Waals surface area contributed by atoms with Gasteiger partial charge in [-0.15, -0.1) is 0 Å². The van der Waals surface area contributed by atoms with E-state index in [0.29, 0.717) is 26.1 Å². The van der Waals surface area contributed by atoms with Crippen LogP contribution < -0.4 is 4.74 Å². The summed E-state index contributed by atoms with van der Waals surface area (Å²) in [6, 6.07) is 16.5. The van der Waals surface area contributed by atoms with Gasteiger partial charge in [-0.1, -0.05) is 98.7 Å². The van der Waals surface area contributed by atoms with Gasteiger partial charge in [0.15, 0.2) is 17.9 Å². The van der Waals surface area contributed by atoms with Gasteiger partial charge in [0.25, 0.3) is 0 Å². The molecule has 67 heavy (non-hydrogen) atoms. The maximum Gasteiger partial charge on any atom is 0.308 e. The number of hydrogen-bond acceptors (Lipinski definition) is 11. The van der Waals surface area contributed by atoms with E-state index in [4.69, 9.17) is 47.4 Å². The van der Waals surface area contributed by atoms with E-state index in [9.17, 15) is 9.90 Å². The Morgan fingerprint density at radius 2 is 1.61 bits per heavy atom. The summed E-state index contributed by atoms with van der Waals surface area (Å²) in [6.07, 6.45) is 4.12. The zero-order valence-corrected chi connectivity index (χ0v) is 42.7. The summed E-state index contributed by atoms with van der Waals surface area (Å²) in [6.45, 7) is 24.6. The number of carbonyl (C=O) groups is 1. The van der Waals surface area contributed by atoms with Crippen molar-refractivity contribution in [2.24, 2.45) is 35.5 Å². The summed E-state index contributed by atoms with van der Waals surface area (Å²) in [7, 11) is 3.26. The van der Waals surface area contributed by atoms with Gasteiger partial charge in [0, 0.05) is 43.3 Å². The van der Waals surface area contributed by atoms with E-state index in [0.717, 1.165) is 55.4 Å². The SMILES string of the molecule is CC[C@@]1([C@@H]2O[C@@H]([C@H]3O[C@@]4(COC(c5ccc(OC)cc5)O4)[C@H](C)C[C@@H]3C)C[C@@H]2C)CC[C@H]([C@]2(C)CC[C@]3(C[C@H](OCc4ccc(C(C)(C)C)cc4)[C@@H](C)[C@@H]([C@@H](C)[C@@H](OC)[C@H](C)C(=O)O)O3)O2)O1. The van der Waals surface area contributed by atoms with Gasteiger partial charge in [0.2, 0.25) is 0 Å². The van der Waals surface area contributed by atoms with Crippen molar-refractivity contribution in [1.29, 1.82) is 0 Å². The Labute approximate surface area is 400 Å². The minimum atomic E-state index is -0.936. The van der Waals surface area contributed by atoms with Crippen molar-refractivity contribution in [3.8, 4) is 5.75 Å². The first-order valence-corrected chi connectivity index (χ1v) is 25.5. The molecule has 6 heterocycles. The zero-order chi connectivity index (χ0) is 48.3. The van der Waals surface area contributed by atoms with Crippen molar-refractivity contribution < 1.29 is 57.3 Å². The number of ether oxygens (including phenoxy) is 10. The highest BCUT2D eigenvalue weighted by atomic mass is 16.8. The molecule has 374 valence electrons. The van der Waals surface area contributed by atoms with Crippen molar-refractivity contribution in [2.45, 2.75) is 211 Å². The maximum atomic E-state index is 12.3. The second kappa shape index (κ2) is 19.5. The van der Waals surface area contributed by atoms with E-state index in [1.54, 1.807) is 21.1 Å². The zero-order valence-electron chi connectivity index (χ0n) is 42.7. The lowest BCUT2D eigenvalue weighted by molar-refractivity contribution is -0.339. The van der Waals surface area contributed by atoms with E-state index in [2.05, 4.69) is 86.6 Å². The molecule has 2 spiro atoms. The van der Waals surface area contributed by atoms with E-state index in [1.807, 2.05) is 31.2 Å². The minimum absolute atomic E-state index is 0.0513. The second-order valence-electron chi connectivity index (χ2n) is 22.9. The van der Waals surface area contributed by atoms with Crippen molar-refractivity contribution in [2.75, 3.05) is 20.8 Å². The van der Waals surface area contributed by atoms with Crippen LogP contribution >= 0.6 is 0 Å². The first-order valence-electron chi connectivity index (χ1n) is 25.5. The summed E-state index contributed by atoms with van der Waals surface area (Å²) in [5.41, 5.74) is 2.27. The van der Waals surface area contributed by atoms with Crippen LogP contribution in [-0.4, -0.2) is 97.4 Å². The van der Waals surface area contributed by atoms with E-state index in [-0.39, 0.29) is 71.6 Å². The van der Waals surface area contributed by atoms with Crippen LogP contribution in [0.25, 0.3) is 0 Å². The summed E-state index contributed by atoms with van der Waals surface area (Å²) < 4.78 is 67.4. The van der Waals surface area contributed by atoms with Crippen LogP contribution in [0.2, 0.25) is 0 Å². The van der Waals surface area contributed by atoms with Crippen LogP contribution in [0.15, 0.2) is 48.5 Å². The Morgan fingerprint density at radius 3 is 2.25 bits per heavy atom. The van der Waals surface area contributed by atoms with Crippen molar-refractivity contribution >= 4 is 5.97 Å². The number of benzene rings is 2. The van der Waals surface area contributed by atoms with Gasteiger partial charge < -0.3 is 52.5 Å². The lowest BCUT2D eigenvalue weighted by atomic mass is 9.78. The summed E-state index contributed by atoms with van der Waals surface area (Å²) in [5, 5.41) is 10.1. The van der Waals surface area contributed by atoms with Crippen LogP contribution in [0.5, 0.6) is 5.75 Å². The smallest absolute Gasteiger partial charge is 0.308 e. The van der Waals surface area contributed by atoms with Gasteiger partial charge in [-0.2, -0.15) is 0 Å². The van der Waals surface area contributed by atoms with E-state index >= 15 is 0 Å². The third kappa shape index (κ3) is 9.88. The number of hydrogen-bond donors (Lipinski definition) is 1. The second-order valence-corrected chi connectivity index (χ2v) is 22.9. The summed E-state index contributed by atoms with van der Waals surface area (Å²) in [5.74, 6) is -2.26. The monoisotopic (exact) mass is 935 g/mol. The fourth-order valence-corrected chi connectivity index (χ4v) is 12.9. The van der Waals surface area contributed by atoms with E-state index in [1.165, 1.54) is 5.56 Å². The maximum absolute atomic E-state index is 12.3. The molecule has 6 aliphatic rings. The van der Waals surface area contributed by atoms with Gasteiger partial charge >= 0.3 is 5.97 Å². The fourth-order valence-electron chi connectivity index (χ4n) is 12.9. The molecular formula is C55H82O12. The molecule has 0 saturated carbocycles. The summed E-state index contributed by atoms with van der Waals surface area (Å²) >= 11 is 0. The Morgan fingerprint density at radius 1 is 0.896 bits per heavy atom. The first kappa shape index (κ1) is 50.7. The van der Waals surface area contributed by atoms with Crippen LogP contribution in [0.3, 0.4) is 0 Å². The largest absolute Gasteiger partial charge is 0.497 e. The third-order valence-corrected chi connectivity index (χ3v) is 17.2. The molecule has 6 fully saturated rings. The van der Waals surface area contributed by atoms with Crippen molar-refractivity contribution in [3.05, 3.63) is 65.2 Å². The minimum Gasteiger partial charge on any atom is -0.497 e. The number of carboxylic acids is 1. The molecule has 6 aliphatic heterocycles. The van der Waals surface area contributed by atoms with E-state index < -0.39 is 47.1 Å². The highest BCUT2D eigenvalue weighted by molar-refractivity contribution is 5.70. The molecule has 1 unspecified atom stereocenters. The van der Waals surface area contributed by atoms with Crippen LogP contribution in [0, 0.1) is 35.5 Å². The van der Waals surface area contributed by atoms with Crippen LogP contribution in [-0.2, 0) is 59.4 Å². The van der Waals surface area contributed by atoms with Crippen molar-refractivity contribution in [1.82, 2.24) is 0 Å². The number of aliphatic carboxylic acids is 1. The Kier molecular flexibility index (Phi) is 14.8. The topological polar surface area (TPSA) is 130 Å². The molecule has 12 nitrogen and oxygen atoms in total. The Balaban J connectivity index is 0.965.